The Morgan fingerprint density at radius 2 is 2.00 bits per heavy atom. The summed E-state index contributed by atoms with van der Waals surface area (Å²) in [6.45, 7) is 6.46. The van der Waals surface area contributed by atoms with E-state index in [-0.39, 0.29) is 0 Å². The number of aryl methyl sites for hydroxylation is 1. The van der Waals surface area contributed by atoms with E-state index in [2.05, 4.69) is 39.0 Å². The molecule has 0 fully saturated rings. The van der Waals surface area contributed by atoms with Gasteiger partial charge in [-0.15, -0.1) is 0 Å². The van der Waals surface area contributed by atoms with Crippen LogP contribution in [0.15, 0.2) is 18.2 Å². The maximum atomic E-state index is 5.92. The molecule has 0 radical (unpaired) electrons. The summed E-state index contributed by atoms with van der Waals surface area (Å²) in [6.07, 6.45) is 2.05. The number of nitrogens with two attached hydrogens (primary N) is 1. The molecule has 1 nitrogen and oxygen atoms in total. The maximum Gasteiger partial charge on any atom is 0.00767 e. The molecule has 1 rings (SSSR count). The highest BCUT2D eigenvalue weighted by Gasteiger charge is 2.04. The fraction of sp³-hybridized carbons (Fsp3) is 0.500. The van der Waals surface area contributed by atoms with Crippen LogP contribution in [0.2, 0.25) is 0 Å². The second-order valence-corrected chi connectivity index (χ2v) is 3.73. The first-order chi connectivity index (χ1) is 6.15. The fourth-order valence-corrected chi connectivity index (χ4v) is 1.46. The van der Waals surface area contributed by atoms with Crippen LogP contribution in [0, 0.1) is 13.8 Å². The first kappa shape index (κ1) is 10.3. The Balaban J connectivity index is 2.83. The van der Waals surface area contributed by atoms with Gasteiger partial charge < -0.3 is 5.73 Å². The largest absolute Gasteiger partial charge is 0.327 e. The van der Waals surface area contributed by atoms with Gasteiger partial charge in [-0.05, 0) is 43.4 Å². The molecule has 2 N–H and O–H groups in total. The van der Waals surface area contributed by atoms with Crippen LogP contribution >= 0.6 is 0 Å². The molecule has 0 bridgehead atoms. The van der Waals surface area contributed by atoms with Crippen molar-refractivity contribution in [1.82, 2.24) is 0 Å². The molecule has 0 aliphatic heterocycles. The minimum atomic E-state index is 0.306. The van der Waals surface area contributed by atoms with Crippen LogP contribution < -0.4 is 5.73 Å². The van der Waals surface area contributed by atoms with Crippen LogP contribution in [0.25, 0.3) is 0 Å². The van der Waals surface area contributed by atoms with E-state index in [1.807, 2.05) is 0 Å². The first-order valence-electron chi connectivity index (χ1n) is 4.95. The monoisotopic (exact) mass is 177 g/mol. The Morgan fingerprint density at radius 1 is 1.31 bits per heavy atom. The standard InChI is InChI=1S/C12H19N/c1-4-12(13)8-11-7-5-6-9(2)10(11)3/h5-7,12H,4,8,13H2,1-3H3. The Labute approximate surface area is 81.0 Å². The lowest BCUT2D eigenvalue weighted by Crippen LogP contribution is -2.21. The molecule has 0 aromatic heterocycles. The van der Waals surface area contributed by atoms with Gasteiger partial charge in [0, 0.05) is 6.04 Å². The summed E-state index contributed by atoms with van der Waals surface area (Å²) in [7, 11) is 0. The van der Waals surface area contributed by atoms with Crippen molar-refractivity contribution in [3.63, 3.8) is 0 Å². The Bertz CT molecular complexity index is 278. The van der Waals surface area contributed by atoms with E-state index in [0.717, 1.165) is 12.8 Å². The van der Waals surface area contributed by atoms with Gasteiger partial charge in [0.2, 0.25) is 0 Å². The summed E-state index contributed by atoms with van der Waals surface area (Å²) in [5.41, 5.74) is 10.1. The zero-order valence-corrected chi connectivity index (χ0v) is 8.80. The average Bonchev–Trinajstić information content (AvgIpc) is 2.13. The molecule has 0 aliphatic carbocycles. The Kier molecular flexibility index (Phi) is 3.49. The van der Waals surface area contributed by atoms with E-state index in [1.165, 1.54) is 16.7 Å². The van der Waals surface area contributed by atoms with Gasteiger partial charge in [-0.2, -0.15) is 0 Å². The van der Waals surface area contributed by atoms with Crippen LogP contribution in [0.4, 0.5) is 0 Å². The summed E-state index contributed by atoms with van der Waals surface area (Å²) in [4.78, 5) is 0. The Hall–Kier alpha value is -0.820. The van der Waals surface area contributed by atoms with Gasteiger partial charge >= 0.3 is 0 Å². The van der Waals surface area contributed by atoms with Crippen LogP contribution in [-0.4, -0.2) is 6.04 Å². The lowest BCUT2D eigenvalue weighted by Gasteiger charge is -2.12. The topological polar surface area (TPSA) is 26.0 Å². The molecule has 0 saturated carbocycles. The predicted molar refractivity (Wildman–Crippen MR) is 57.9 cm³/mol. The van der Waals surface area contributed by atoms with Crippen molar-refractivity contribution < 1.29 is 0 Å². The van der Waals surface area contributed by atoms with Crippen LogP contribution in [-0.2, 0) is 6.42 Å². The highest BCUT2D eigenvalue weighted by molar-refractivity contribution is 5.33. The molecule has 0 amide bonds. The minimum Gasteiger partial charge on any atom is -0.327 e. The number of hydrogen-bond acceptors (Lipinski definition) is 1. The van der Waals surface area contributed by atoms with Crippen molar-refractivity contribution in [2.45, 2.75) is 39.7 Å². The van der Waals surface area contributed by atoms with Crippen molar-refractivity contribution in [3.05, 3.63) is 34.9 Å². The molecular formula is C12H19N. The molecule has 1 unspecified atom stereocenters. The van der Waals surface area contributed by atoms with Gasteiger partial charge in [0.25, 0.3) is 0 Å². The molecule has 1 atom stereocenters. The zero-order valence-electron chi connectivity index (χ0n) is 8.80. The molecule has 13 heavy (non-hydrogen) atoms. The Morgan fingerprint density at radius 3 is 2.62 bits per heavy atom. The summed E-state index contributed by atoms with van der Waals surface area (Å²) in [5, 5.41) is 0. The quantitative estimate of drug-likeness (QED) is 0.754. The second kappa shape index (κ2) is 4.43. The van der Waals surface area contributed by atoms with Crippen molar-refractivity contribution in [1.29, 1.82) is 0 Å². The van der Waals surface area contributed by atoms with Gasteiger partial charge in [0.1, 0.15) is 0 Å². The molecule has 0 spiro atoms. The van der Waals surface area contributed by atoms with Crippen LogP contribution in [0.3, 0.4) is 0 Å². The first-order valence-corrected chi connectivity index (χ1v) is 4.95. The van der Waals surface area contributed by atoms with E-state index >= 15 is 0 Å². The fourth-order valence-electron chi connectivity index (χ4n) is 1.46. The van der Waals surface area contributed by atoms with E-state index < -0.39 is 0 Å². The molecule has 0 aliphatic rings. The zero-order chi connectivity index (χ0) is 9.84. The van der Waals surface area contributed by atoms with Crippen molar-refractivity contribution in [3.8, 4) is 0 Å². The summed E-state index contributed by atoms with van der Waals surface area (Å²) < 4.78 is 0. The third kappa shape index (κ3) is 2.56. The van der Waals surface area contributed by atoms with Gasteiger partial charge in [-0.25, -0.2) is 0 Å². The second-order valence-electron chi connectivity index (χ2n) is 3.73. The van der Waals surface area contributed by atoms with Gasteiger partial charge in [-0.3, -0.25) is 0 Å². The molecule has 0 heterocycles. The number of hydrogen-bond donors (Lipinski definition) is 1. The van der Waals surface area contributed by atoms with Crippen molar-refractivity contribution in [2.24, 2.45) is 5.73 Å². The third-order valence-electron chi connectivity index (χ3n) is 2.72. The summed E-state index contributed by atoms with van der Waals surface area (Å²) in [5.74, 6) is 0. The number of rotatable bonds is 3. The molecule has 1 aromatic carbocycles. The van der Waals surface area contributed by atoms with Gasteiger partial charge in [0.05, 0.1) is 0 Å². The SMILES string of the molecule is CCC(N)Cc1cccc(C)c1C. The van der Waals surface area contributed by atoms with E-state index in [4.69, 9.17) is 5.73 Å². The maximum absolute atomic E-state index is 5.92. The van der Waals surface area contributed by atoms with Crippen molar-refractivity contribution in [2.75, 3.05) is 0 Å². The summed E-state index contributed by atoms with van der Waals surface area (Å²) in [6, 6.07) is 6.74. The molecule has 72 valence electrons. The smallest absolute Gasteiger partial charge is 0.00767 e. The number of benzene rings is 1. The van der Waals surface area contributed by atoms with Gasteiger partial charge in [-0.1, -0.05) is 25.1 Å². The van der Waals surface area contributed by atoms with E-state index in [0.29, 0.717) is 6.04 Å². The third-order valence-corrected chi connectivity index (χ3v) is 2.72. The predicted octanol–water partition coefficient (Wildman–Crippen LogP) is 2.58. The highest BCUT2D eigenvalue weighted by Crippen LogP contribution is 2.14. The molecule has 1 heteroatoms. The normalized spacial score (nSPS) is 12.9. The lowest BCUT2D eigenvalue weighted by atomic mass is 9.97. The molecular weight excluding hydrogens is 158 g/mol. The van der Waals surface area contributed by atoms with Crippen molar-refractivity contribution >= 4 is 0 Å². The summed E-state index contributed by atoms with van der Waals surface area (Å²) >= 11 is 0. The highest BCUT2D eigenvalue weighted by atomic mass is 14.6. The van der Waals surface area contributed by atoms with E-state index in [9.17, 15) is 0 Å². The average molecular weight is 177 g/mol. The van der Waals surface area contributed by atoms with Gasteiger partial charge in [0.15, 0.2) is 0 Å². The molecule has 1 aromatic rings. The lowest BCUT2D eigenvalue weighted by molar-refractivity contribution is 0.644. The minimum absolute atomic E-state index is 0.306. The molecule has 0 saturated heterocycles. The van der Waals surface area contributed by atoms with E-state index in [1.54, 1.807) is 0 Å². The van der Waals surface area contributed by atoms with Crippen LogP contribution in [0.5, 0.6) is 0 Å². The van der Waals surface area contributed by atoms with Crippen LogP contribution in [0.1, 0.15) is 30.0 Å².